The second-order valence-electron chi connectivity index (χ2n) is 9.32. The van der Waals surface area contributed by atoms with E-state index >= 15 is 0 Å². The van der Waals surface area contributed by atoms with E-state index in [9.17, 15) is 27.9 Å². The van der Waals surface area contributed by atoms with Gasteiger partial charge in [-0.2, -0.15) is 13.2 Å². The number of benzene rings is 1. The van der Waals surface area contributed by atoms with Crippen molar-refractivity contribution in [2.75, 3.05) is 112 Å². The van der Waals surface area contributed by atoms with E-state index < -0.39 is 18.4 Å². The Labute approximate surface area is 266 Å². The summed E-state index contributed by atoms with van der Waals surface area (Å²) in [4.78, 5) is 22.4. The summed E-state index contributed by atoms with van der Waals surface area (Å²) in [6.45, 7) is 5.33. The number of nitrogens with one attached hydrogen (secondary N) is 1. The first-order chi connectivity index (χ1) is 22.2. The molecule has 0 aromatic heterocycles. The molecular weight excluding hydrogens is 625 g/mol. The lowest BCUT2D eigenvalue weighted by Gasteiger charge is -2.14. The minimum Gasteiger partial charge on any atom is -0.508 e. The van der Waals surface area contributed by atoms with Gasteiger partial charge in [-0.25, -0.2) is 4.79 Å². The van der Waals surface area contributed by atoms with Gasteiger partial charge in [-0.1, -0.05) is 12.1 Å². The Morgan fingerprint density at radius 2 is 1.07 bits per heavy atom. The molecule has 1 amide bonds. The number of phenols is 1. The van der Waals surface area contributed by atoms with Crippen molar-refractivity contribution in [3.05, 3.63) is 29.8 Å². The molecule has 1 atom stereocenters. The first-order valence-electron chi connectivity index (χ1n) is 14.9. The molecule has 0 aliphatic rings. The average molecular weight is 673 g/mol. The summed E-state index contributed by atoms with van der Waals surface area (Å²) in [5.41, 5.74) is 6.25. The number of ether oxygens (including phenoxy) is 9. The molecule has 0 heterocycles. The van der Waals surface area contributed by atoms with Crippen LogP contribution in [-0.4, -0.2) is 142 Å². The summed E-state index contributed by atoms with van der Waals surface area (Å²) in [5, 5.41) is 12.1. The molecular formula is C29H47F3N2O12. The molecule has 0 saturated carbocycles. The molecule has 0 bridgehead atoms. The molecule has 17 heteroatoms. The first-order valence-corrected chi connectivity index (χ1v) is 14.9. The lowest BCUT2D eigenvalue weighted by molar-refractivity contribution is -0.206. The number of carbonyl (C=O) groups is 2. The Morgan fingerprint density at radius 3 is 1.48 bits per heavy atom. The third kappa shape index (κ3) is 25.6. The number of amides is 1. The number of hydrogen-bond donors (Lipinski definition) is 3. The smallest absolute Gasteiger partial charge is 0.490 e. The van der Waals surface area contributed by atoms with Crippen LogP contribution in [0.1, 0.15) is 12.0 Å². The fourth-order valence-corrected chi connectivity index (χ4v) is 3.24. The third-order valence-corrected chi connectivity index (χ3v) is 5.52. The molecule has 0 saturated heterocycles. The highest BCUT2D eigenvalue weighted by atomic mass is 19.4. The minimum atomic E-state index is -5.10. The lowest BCUT2D eigenvalue weighted by Crippen LogP contribution is -2.37. The van der Waals surface area contributed by atoms with E-state index in [4.69, 9.17) is 43.6 Å². The molecule has 1 aromatic carbocycles. The quantitative estimate of drug-likeness (QED) is 0.0600. The van der Waals surface area contributed by atoms with Crippen LogP contribution >= 0.6 is 0 Å². The summed E-state index contributed by atoms with van der Waals surface area (Å²) in [6, 6.07) is 6.87. The zero-order valence-electron chi connectivity index (χ0n) is 26.0. The van der Waals surface area contributed by atoms with Crippen molar-refractivity contribution in [1.82, 2.24) is 5.32 Å². The Balaban J connectivity index is 1.71. The van der Waals surface area contributed by atoms with Gasteiger partial charge in [0.05, 0.1) is 106 Å². The highest BCUT2D eigenvalue weighted by Gasteiger charge is 2.41. The van der Waals surface area contributed by atoms with E-state index in [0.29, 0.717) is 92.2 Å². The predicted octanol–water partition coefficient (Wildman–Crippen LogP) is 0.964. The van der Waals surface area contributed by atoms with Crippen LogP contribution in [0.15, 0.2) is 24.3 Å². The third-order valence-electron chi connectivity index (χ3n) is 5.52. The van der Waals surface area contributed by atoms with Gasteiger partial charge in [-0.05, 0) is 24.1 Å². The van der Waals surface area contributed by atoms with Gasteiger partial charge < -0.3 is 53.1 Å². The number of alkyl halides is 3. The summed E-state index contributed by atoms with van der Waals surface area (Å²) in [7, 11) is 0. The molecule has 0 aliphatic carbocycles. The van der Waals surface area contributed by atoms with Gasteiger partial charge in [0, 0.05) is 13.0 Å². The van der Waals surface area contributed by atoms with Crippen molar-refractivity contribution in [2.24, 2.45) is 5.73 Å². The van der Waals surface area contributed by atoms with Crippen LogP contribution in [0, 0.1) is 0 Å². The molecule has 1 unspecified atom stereocenters. The Bertz CT molecular complexity index is 897. The van der Waals surface area contributed by atoms with Crippen LogP contribution in [0.3, 0.4) is 0 Å². The van der Waals surface area contributed by atoms with Crippen LogP contribution in [0.2, 0.25) is 0 Å². The number of halogens is 3. The monoisotopic (exact) mass is 672 g/mol. The highest BCUT2D eigenvalue weighted by molar-refractivity contribution is 5.76. The molecule has 0 spiro atoms. The van der Waals surface area contributed by atoms with Gasteiger partial charge in [0.15, 0.2) is 6.23 Å². The van der Waals surface area contributed by atoms with Gasteiger partial charge in [-0.15, -0.1) is 0 Å². The predicted molar refractivity (Wildman–Crippen MR) is 156 cm³/mol. The number of esters is 1. The van der Waals surface area contributed by atoms with Crippen molar-refractivity contribution in [3.8, 4) is 5.75 Å². The Morgan fingerprint density at radius 1 is 0.674 bits per heavy atom. The SMILES string of the molecule is NC(COCCOCCOCCOCCOCCOCCOCCOCCC(=O)NCCc1ccc(O)cc1)OC(=O)C(F)(F)F. The molecule has 266 valence electrons. The maximum Gasteiger partial charge on any atom is 0.490 e. The number of nitrogens with two attached hydrogens (primary N) is 1. The first kappa shape index (κ1) is 41.4. The molecule has 14 nitrogen and oxygen atoms in total. The average Bonchev–Trinajstić information content (AvgIpc) is 3.01. The number of carbonyl (C=O) groups excluding carboxylic acids is 2. The van der Waals surface area contributed by atoms with Crippen LogP contribution in [0.25, 0.3) is 0 Å². The molecule has 0 fully saturated rings. The van der Waals surface area contributed by atoms with E-state index in [-0.39, 0.29) is 44.5 Å². The molecule has 1 rings (SSSR count). The van der Waals surface area contributed by atoms with E-state index in [1.165, 1.54) is 0 Å². The van der Waals surface area contributed by atoms with Crippen molar-refractivity contribution in [3.63, 3.8) is 0 Å². The number of aromatic hydroxyl groups is 1. The molecule has 1 aromatic rings. The number of hydrogen-bond acceptors (Lipinski definition) is 13. The largest absolute Gasteiger partial charge is 0.508 e. The van der Waals surface area contributed by atoms with Crippen molar-refractivity contribution in [2.45, 2.75) is 25.2 Å². The van der Waals surface area contributed by atoms with E-state index in [2.05, 4.69) is 10.1 Å². The summed E-state index contributed by atoms with van der Waals surface area (Å²) in [6.07, 6.45) is -5.66. The normalized spacial score (nSPS) is 12.3. The minimum absolute atomic E-state index is 0.0602. The highest BCUT2D eigenvalue weighted by Crippen LogP contribution is 2.16. The lowest BCUT2D eigenvalue weighted by atomic mass is 10.1. The van der Waals surface area contributed by atoms with Gasteiger partial charge >= 0.3 is 12.1 Å². The summed E-state index contributed by atoms with van der Waals surface area (Å²) < 4.78 is 82.7. The van der Waals surface area contributed by atoms with E-state index in [1.54, 1.807) is 12.1 Å². The maximum absolute atomic E-state index is 12.0. The van der Waals surface area contributed by atoms with E-state index in [1.807, 2.05) is 12.1 Å². The fraction of sp³-hybridized carbons (Fsp3) is 0.724. The molecule has 0 aliphatic heterocycles. The van der Waals surface area contributed by atoms with Gasteiger partial charge in [0.2, 0.25) is 5.91 Å². The number of rotatable bonds is 30. The second-order valence-corrected chi connectivity index (χ2v) is 9.32. The van der Waals surface area contributed by atoms with Crippen LogP contribution in [0.5, 0.6) is 5.75 Å². The van der Waals surface area contributed by atoms with Crippen molar-refractivity contribution >= 4 is 11.9 Å². The molecule has 4 N–H and O–H groups in total. The Hall–Kier alpha value is -2.61. The van der Waals surface area contributed by atoms with Gasteiger partial charge in [0.25, 0.3) is 0 Å². The van der Waals surface area contributed by atoms with Gasteiger partial charge in [-0.3, -0.25) is 10.5 Å². The zero-order chi connectivity index (χ0) is 33.7. The van der Waals surface area contributed by atoms with Crippen LogP contribution in [0.4, 0.5) is 13.2 Å². The summed E-state index contributed by atoms with van der Waals surface area (Å²) in [5.74, 6) is -2.23. The second kappa shape index (κ2) is 27.5. The topological polar surface area (TPSA) is 175 Å². The van der Waals surface area contributed by atoms with Gasteiger partial charge in [0.1, 0.15) is 5.75 Å². The van der Waals surface area contributed by atoms with Crippen LogP contribution in [-0.2, 0) is 58.6 Å². The summed E-state index contributed by atoms with van der Waals surface area (Å²) >= 11 is 0. The maximum atomic E-state index is 12.0. The standard InChI is InChI=1S/C29H47F3N2O12/c30-29(31,32)28(37)46-26(33)23-45-22-21-44-20-19-43-18-17-42-16-15-41-14-13-40-12-11-39-10-9-38-8-6-27(36)34-7-5-24-1-3-25(35)4-2-24/h1-4,26,35H,5-23,33H2,(H,34,36). The number of phenolic OH excluding ortho intramolecular Hbond substituents is 1. The van der Waals surface area contributed by atoms with Crippen molar-refractivity contribution in [1.29, 1.82) is 0 Å². The molecule has 0 radical (unpaired) electrons. The zero-order valence-corrected chi connectivity index (χ0v) is 26.0. The van der Waals surface area contributed by atoms with Crippen LogP contribution < -0.4 is 11.1 Å². The van der Waals surface area contributed by atoms with Crippen molar-refractivity contribution < 1.29 is 70.5 Å². The van der Waals surface area contributed by atoms with E-state index in [0.717, 1.165) is 5.56 Å². The fourth-order valence-electron chi connectivity index (χ4n) is 3.24. The Kier molecular flexibility index (Phi) is 24.8. The molecule has 46 heavy (non-hydrogen) atoms.